The Labute approximate surface area is 164 Å². The number of carbonyl (C=O) groups is 1. The second-order valence-electron chi connectivity index (χ2n) is 6.48. The molecule has 0 saturated heterocycles. The van der Waals surface area contributed by atoms with Crippen LogP contribution in [0.4, 0.5) is 17.6 Å². The SMILES string of the molecule is Cc1cc(F)ccc1Oc1ccc(C(F)(F)F)cc1C=C1C=CC(C(=O)O)=CC1. The Morgan fingerprint density at radius 3 is 2.41 bits per heavy atom. The number of halogens is 4. The Hall–Kier alpha value is -3.35. The fourth-order valence-corrected chi connectivity index (χ4v) is 2.80. The summed E-state index contributed by atoms with van der Waals surface area (Å²) in [6.45, 7) is 1.63. The van der Waals surface area contributed by atoms with E-state index in [1.807, 2.05) is 0 Å². The number of carboxylic acids is 1. The number of alkyl halides is 3. The van der Waals surface area contributed by atoms with E-state index in [-0.39, 0.29) is 23.3 Å². The first kappa shape index (κ1) is 20.4. The molecule has 0 radical (unpaired) electrons. The monoisotopic (exact) mass is 404 g/mol. The third kappa shape index (κ3) is 4.93. The highest BCUT2D eigenvalue weighted by Gasteiger charge is 2.31. The first-order valence-electron chi connectivity index (χ1n) is 8.61. The number of allylic oxidation sites excluding steroid dienone is 3. The number of aryl methyl sites for hydroxylation is 1. The number of ether oxygens (including phenoxy) is 1. The highest BCUT2D eigenvalue weighted by atomic mass is 19.4. The summed E-state index contributed by atoms with van der Waals surface area (Å²) >= 11 is 0. The van der Waals surface area contributed by atoms with Crippen LogP contribution in [0.1, 0.15) is 23.1 Å². The predicted octanol–water partition coefficient (Wildman–Crippen LogP) is 6.30. The topological polar surface area (TPSA) is 46.5 Å². The minimum atomic E-state index is -4.53. The summed E-state index contributed by atoms with van der Waals surface area (Å²) in [5.41, 5.74) is 0.569. The van der Waals surface area contributed by atoms with Gasteiger partial charge in [0, 0.05) is 5.56 Å². The van der Waals surface area contributed by atoms with Gasteiger partial charge in [-0.05, 0) is 73.0 Å². The van der Waals surface area contributed by atoms with Crippen LogP contribution in [-0.4, -0.2) is 11.1 Å². The molecule has 3 rings (SSSR count). The first-order valence-corrected chi connectivity index (χ1v) is 8.61. The number of aliphatic carboxylic acids is 1. The zero-order valence-corrected chi connectivity index (χ0v) is 15.3. The van der Waals surface area contributed by atoms with E-state index in [0.717, 1.165) is 12.1 Å². The molecule has 0 fully saturated rings. The van der Waals surface area contributed by atoms with Crippen LogP contribution in [0.15, 0.2) is 65.8 Å². The van der Waals surface area contributed by atoms with E-state index in [1.165, 1.54) is 48.6 Å². The lowest BCUT2D eigenvalue weighted by Gasteiger charge is -2.15. The van der Waals surface area contributed by atoms with Gasteiger partial charge in [-0.2, -0.15) is 13.2 Å². The number of benzene rings is 2. The fraction of sp³-hybridized carbons (Fsp3) is 0.136. The molecule has 0 aromatic heterocycles. The average molecular weight is 404 g/mol. The smallest absolute Gasteiger partial charge is 0.416 e. The Morgan fingerprint density at radius 1 is 1.10 bits per heavy atom. The van der Waals surface area contributed by atoms with Gasteiger partial charge in [-0.15, -0.1) is 0 Å². The average Bonchev–Trinajstić information content (AvgIpc) is 2.64. The molecule has 0 spiro atoms. The van der Waals surface area contributed by atoms with Crippen LogP contribution in [0.5, 0.6) is 11.5 Å². The van der Waals surface area contributed by atoms with Gasteiger partial charge in [-0.1, -0.05) is 12.2 Å². The van der Waals surface area contributed by atoms with Crippen LogP contribution in [0, 0.1) is 12.7 Å². The number of carboxylic acid groups (broad SMARTS) is 1. The zero-order valence-electron chi connectivity index (χ0n) is 15.3. The normalized spacial score (nSPS) is 15.3. The molecule has 3 nitrogen and oxygen atoms in total. The molecule has 150 valence electrons. The maximum absolute atomic E-state index is 13.3. The second-order valence-corrected chi connectivity index (χ2v) is 6.48. The Morgan fingerprint density at radius 2 is 1.83 bits per heavy atom. The Balaban J connectivity index is 2.00. The largest absolute Gasteiger partial charge is 0.478 e. The highest BCUT2D eigenvalue weighted by molar-refractivity contribution is 5.90. The maximum Gasteiger partial charge on any atom is 0.416 e. The molecule has 0 unspecified atom stereocenters. The van der Waals surface area contributed by atoms with Crippen molar-refractivity contribution in [1.29, 1.82) is 0 Å². The summed E-state index contributed by atoms with van der Waals surface area (Å²) in [5, 5.41) is 8.98. The van der Waals surface area contributed by atoms with E-state index >= 15 is 0 Å². The second kappa shape index (κ2) is 7.95. The van der Waals surface area contributed by atoms with Crippen molar-refractivity contribution < 1.29 is 32.2 Å². The van der Waals surface area contributed by atoms with E-state index in [2.05, 4.69) is 0 Å². The van der Waals surface area contributed by atoms with E-state index in [0.29, 0.717) is 16.9 Å². The molecule has 7 heteroatoms. The number of rotatable bonds is 4. The molecule has 0 atom stereocenters. The lowest BCUT2D eigenvalue weighted by molar-refractivity contribution is -0.137. The van der Waals surface area contributed by atoms with Crippen molar-refractivity contribution in [3.8, 4) is 11.5 Å². The van der Waals surface area contributed by atoms with Crippen LogP contribution in [0.3, 0.4) is 0 Å². The predicted molar refractivity (Wildman–Crippen MR) is 100 cm³/mol. The van der Waals surface area contributed by atoms with Gasteiger partial charge in [0.1, 0.15) is 17.3 Å². The van der Waals surface area contributed by atoms with Crippen LogP contribution >= 0.6 is 0 Å². The van der Waals surface area contributed by atoms with E-state index in [4.69, 9.17) is 9.84 Å². The standard InChI is InChI=1S/C22H16F4O3/c1-13-10-18(23)7-9-19(13)29-20-8-6-17(22(24,25)26)12-16(20)11-14-2-4-15(5-3-14)21(27)28/h2,4-12H,3H2,1H3,(H,27,28). The summed E-state index contributed by atoms with van der Waals surface area (Å²) < 4.78 is 58.5. The lowest BCUT2D eigenvalue weighted by Crippen LogP contribution is -2.05. The van der Waals surface area contributed by atoms with Gasteiger partial charge in [0.2, 0.25) is 0 Å². The van der Waals surface area contributed by atoms with Crippen molar-refractivity contribution in [2.45, 2.75) is 19.5 Å². The summed E-state index contributed by atoms with van der Waals surface area (Å²) in [5.74, 6) is -1.03. The van der Waals surface area contributed by atoms with Gasteiger partial charge < -0.3 is 9.84 Å². The molecule has 0 heterocycles. The van der Waals surface area contributed by atoms with Gasteiger partial charge in [0.25, 0.3) is 0 Å². The Bertz CT molecular complexity index is 1050. The molecule has 2 aromatic carbocycles. The van der Waals surface area contributed by atoms with Crippen molar-refractivity contribution in [2.75, 3.05) is 0 Å². The van der Waals surface area contributed by atoms with Crippen LogP contribution < -0.4 is 4.74 Å². The molecular formula is C22H16F4O3. The lowest BCUT2D eigenvalue weighted by atomic mass is 9.99. The molecule has 1 N–H and O–H groups in total. The molecule has 29 heavy (non-hydrogen) atoms. The minimum absolute atomic E-state index is 0.115. The van der Waals surface area contributed by atoms with Gasteiger partial charge in [0.15, 0.2) is 0 Å². The van der Waals surface area contributed by atoms with E-state index in [1.54, 1.807) is 6.92 Å². The minimum Gasteiger partial charge on any atom is -0.478 e. The molecule has 0 bridgehead atoms. The van der Waals surface area contributed by atoms with Crippen molar-refractivity contribution in [3.63, 3.8) is 0 Å². The van der Waals surface area contributed by atoms with E-state index < -0.39 is 23.5 Å². The quantitative estimate of drug-likeness (QED) is 0.609. The van der Waals surface area contributed by atoms with Crippen molar-refractivity contribution in [3.05, 3.63) is 88.3 Å². The third-order valence-electron chi connectivity index (χ3n) is 4.32. The maximum atomic E-state index is 13.3. The molecule has 0 saturated carbocycles. The zero-order chi connectivity index (χ0) is 21.2. The van der Waals surface area contributed by atoms with Gasteiger partial charge in [-0.25, -0.2) is 9.18 Å². The summed E-state index contributed by atoms with van der Waals surface area (Å²) in [6.07, 6.45) is 1.63. The number of hydrogen-bond donors (Lipinski definition) is 1. The van der Waals surface area contributed by atoms with Crippen molar-refractivity contribution in [1.82, 2.24) is 0 Å². The first-order chi connectivity index (χ1) is 13.6. The molecule has 0 aliphatic heterocycles. The Kier molecular flexibility index (Phi) is 5.59. The molecule has 1 aliphatic carbocycles. The van der Waals surface area contributed by atoms with Gasteiger partial charge in [0.05, 0.1) is 11.1 Å². The molecule has 1 aliphatic rings. The number of hydrogen-bond acceptors (Lipinski definition) is 2. The summed E-state index contributed by atoms with van der Waals surface area (Å²) in [7, 11) is 0. The van der Waals surface area contributed by atoms with E-state index in [9.17, 15) is 22.4 Å². The van der Waals surface area contributed by atoms with Crippen LogP contribution in [0.25, 0.3) is 6.08 Å². The third-order valence-corrected chi connectivity index (χ3v) is 4.32. The van der Waals surface area contributed by atoms with Crippen LogP contribution in [0.2, 0.25) is 0 Å². The van der Waals surface area contributed by atoms with Crippen molar-refractivity contribution in [2.24, 2.45) is 0 Å². The fourth-order valence-electron chi connectivity index (χ4n) is 2.80. The highest BCUT2D eigenvalue weighted by Crippen LogP contribution is 2.36. The summed E-state index contributed by atoms with van der Waals surface area (Å²) in [6, 6.07) is 6.96. The molecule has 2 aromatic rings. The summed E-state index contributed by atoms with van der Waals surface area (Å²) in [4.78, 5) is 11.0. The molecule has 0 amide bonds. The van der Waals surface area contributed by atoms with Gasteiger partial charge >= 0.3 is 12.1 Å². The van der Waals surface area contributed by atoms with Crippen LogP contribution in [-0.2, 0) is 11.0 Å². The van der Waals surface area contributed by atoms with Gasteiger partial charge in [-0.3, -0.25) is 0 Å². The molecular weight excluding hydrogens is 388 g/mol. The van der Waals surface area contributed by atoms with Crippen molar-refractivity contribution >= 4 is 12.0 Å².